The second-order valence-electron chi connectivity index (χ2n) is 7.25. The van der Waals surface area contributed by atoms with Gasteiger partial charge in [-0.2, -0.15) is 0 Å². The molecule has 0 radical (unpaired) electrons. The van der Waals surface area contributed by atoms with E-state index in [0.717, 1.165) is 13.0 Å². The Morgan fingerprint density at radius 3 is 2.50 bits per heavy atom. The Morgan fingerprint density at radius 1 is 0.769 bits per heavy atom. The number of aryl methyl sites for hydroxylation is 1. The Balaban J connectivity index is 1.85. The molecule has 1 aliphatic rings. The Bertz CT molecular complexity index is 1340. The zero-order valence-electron chi connectivity index (χ0n) is 14.8. The number of fused-ring (bicyclic) bond motifs is 9. The molecule has 0 bridgehead atoms. The summed E-state index contributed by atoms with van der Waals surface area (Å²) in [5.41, 5.74) is 8.49. The molecule has 1 heterocycles. The molecule has 0 atom stereocenters. The van der Waals surface area contributed by atoms with E-state index < -0.39 is 0 Å². The van der Waals surface area contributed by atoms with Gasteiger partial charge in [-0.3, -0.25) is 0 Å². The third-order valence-corrected chi connectivity index (χ3v) is 6.01. The van der Waals surface area contributed by atoms with Crippen LogP contribution in [0.5, 0.6) is 0 Å². The van der Waals surface area contributed by atoms with Crippen LogP contribution in [0.15, 0.2) is 72.8 Å². The first-order valence-electron chi connectivity index (χ1n) is 9.40. The van der Waals surface area contributed by atoms with Crippen molar-refractivity contribution in [3.63, 3.8) is 0 Å². The van der Waals surface area contributed by atoms with Crippen LogP contribution in [0.25, 0.3) is 43.7 Å². The van der Waals surface area contributed by atoms with Crippen LogP contribution in [-0.4, -0.2) is 4.57 Å². The van der Waals surface area contributed by atoms with Crippen LogP contribution in [0.2, 0.25) is 0 Å². The van der Waals surface area contributed by atoms with Crippen molar-refractivity contribution in [3.05, 3.63) is 83.9 Å². The largest absolute Gasteiger partial charge is 0.340 e. The van der Waals surface area contributed by atoms with Gasteiger partial charge < -0.3 is 4.57 Å². The van der Waals surface area contributed by atoms with Crippen molar-refractivity contribution in [3.8, 4) is 11.1 Å². The molecule has 0 N–H and O–H groups in total. The van der Waals surface area contributed by atoms with Gasteiger partial charge in [-0.15, -0.1) is 0 Å². The number of nitrogens with zero attached hydrogens (tertiary/aromatic N) is 1. The van der Waals surface area contributed by atoms with Crippen LogP contribution in [0, 0.1) is 0 Å². The highest BCUT2D eigenvalue weighted by Crippen LogP contribution is 2.44. The molecule has 1 aromatic heterocycles. The van der Waals surface area contributed by atoms with Crippen molar-refractivity contribution in [1.29, 1.82) is 0 Å². The first kappa shape index (κ1) is 14.1. The third kappa shape index (κ3) is 1.65. The van der Waals surface area contributed by atoms with Crippen LogP contribution in [0.3, 0.4) is 0 Å². The predicted molar refractivity (Wildman–Crippen MR) is 111 cm³/mol. The van der Waals surface area contributed by atoms with Crippen LogP contribution in [-0.2, 0) is 13.0 Å². The van der Waals surface area contributed by atoms with Gasteiger partial charge in [0.15, 0.2) is 0 Å². The molecule has 4 aromatic carbocycles. The lowest BCUT2D eigenvalue weighted by molar-refractivity contribution is 0.829. The van der Waals surface area contributed by atoms with Crippen LogP contribution >= 0.6 is 0 Å². The summed E-state index contributed by atoms with van der Waals surface area (Å²) in [6.45, 7) is 3.24. The number of hydrogen-bond acceptors (Lipinski definition) is 0. The normalized spacial score (nSPS) is 12.8. The Labute approximate surface area is 152 Å². The minimum absolute atomic E-state index is 0.986. The minimum atomic E-state index is 0.986. The van der Waals surface area contributed by atoms with Crippen LogP contribution in [0.1, 0.15) is 18.1 Å². The van der Waals surface area contributed by atoms with Gasteiger partial charge in [0.25, 0.3) is 0 Å². The van der Waals surface area contributed by atoms with E-state index in [1.165, 1.54) is 54.8 Å². The molecule has 0 unspecified atom stereocenters. The average Bonchev–Trinajstić information content (AvgIpc) is 3.23. The van der Waals surface area contributed by atoms with Gasteiger partial charge in [-0.05, 0) is 47.1 Å². The summed E-state index contributed by atoms with van der Waals surface area (Å²) in [5.74, 6) is 0. The van der Waals surface area contributed by atoms with Crippen LogP contribution < -0.4 is 0 Å². The van der Waals surface area contributed by atoms with E-state index in [4.69, 9.17) is 0 Å². The van der Waals surface area contributed by atoms with E-state index in [1.54, 1.807) is 0 Å². The van der Waals surface area contributed by atoms with Gasteiger partial charge >= 0.3 is 0 Å². The van der Waals surface area contributed by atoms with Gasteiger partial charge in [0.05, 0.1) is 5.52 Å². The maximum atomic E-state index is 2.50. The van der Waals surface area contributed by atoms with Gasteiger partial charge in [0, 0.05) is 28.2 Å². The molecule has 0 fully saturated rings. The zero-order chi connectivity index (χ0) is 17.3. The summed E-state index contributed by atoms with van der Waals surface area (Å²) in [5, 5.41) is 5.52. The van der Waals surface area contributed by atoms with E-state index in [2.05, 4.69) is 84.3 Å². The zero-order valence-corrected chi connectivity index (χ0v) is 14.8. The lowest BCUT2D eigenvalue weighted by atomic mass is 9.97. The molecular formula is C25H19N. The van der Waals surface area contributed by atoms with Gasteiger partial charge in [-0.1, -0.05) is 66.7 Å². The number of hydrogen-bond donors (Lipinski definition) is 0. The monoisotopic (exact) mass is 333 g/mol. The minimum Gasteiger partial charge on any atom is -0.340 e. The smallest absolute Gasteiger partial charge is 0.0574 e. The van der Waals surface area contributed by atoms with Crippen molar-refractivity contribution in [1.82, 2.24) is 4.57 Å². The van der Waals surface area contributed by atoms with E-state index in [0.29, 0.717) is 0 Å². The topological polar surface area (TPSA) is 4.93 Å². The SMILES string of the molecule is CCn1c2ccccc2c2ccc3ccc4c(c3c21)Cc1ccccc1-4. The van der Waals surface area contributed by atoms with Crippen molar-refractivity contribution in [2.75, 3.05) is 0 Å². The molecule has 1 aliphatic carbocycles. The number of rotatable bonds is 1. The second kappa shape index (κ2) is 4.98. The highest BCUT2D eigenvalue weighted by atomic mass is 15.0. The number of para-hydroxylation sites is 1. The predicted octanol–water partition coefficient (Wildman–Crippen LogP) is 6.54. The van der Waals surface area contributed by atoms with Crippen molar-refractivity contribution in [2.24, 2.45) is 0 Å². The fourth-order valence-electron chi connectivity index (χ4n) is 4.92. The van der Waals surface area contributed by atoms with Crippen molar-refractivity contribution >= 4 is 32.6 Å². The highest BCUT2D eigenvalue weighted by Gasteiger charge is 2.22. The Morgan fingerprint density at radius 2 is 1.58 bits per heavy atom. The van der Waals surface area contributed by atoms with Crippen molar-refractivity contribution in [2.45, 2.75) is 19.9 Å². The lowest BCUT2D eigenvalue weighted by Crippen LogP contribution is -1.95. The first-order chi connectivity index (χ1) is 12.9. The third-order valence-electron chi connectivity index (χ3n) is 6.01. The second-order valence-corrected chi connectivity index (χ2v) is 7.25. The maximum absolute atomic E-state index is 2.50. The van der Waals surface area contributed by atoms with Gasteiger partial charge in [-0.25, -0.2) is 0 Å². The lowest BCUT2D eigenvalue weighted by Gasteiger charge is -2.11. The molecule has 0 aliphatic heterocycles. The van der Waals surface area contributed by atoms with Gasteiger partial charge in [0.2, 0.25) is 0 Å². The summed E-state index contributed by atoms with van der Waals surface area (Å²) < 4.78 is 2.50. The van der Waals surface area contributed by atoms with E-state index in [9.17, 15) is 0 Å². The maximum Gasteiger partial charge on any atom is 0.0574 e. The molecule has 0 amide bonds. The molecule has 0 saturated carbocycles. The molecule has 0 saturated heterocycles. The standard InChI is InChI=1S/C25H19N/c1-2-26-23-10-6-5-9-20(23)21-14-12-16-11-13-19-18-8-4-3-7-17(18)15-22(19)24(16)25(21)26/h3-14H,2,15H2,1H3. The molecule has 6 rings (SSSR count). The Kier molecular flexibility index (Phi) is 2.71. The molecule has 0 spiro atoms. The fourth-order valence-corrected chi connectivity index (χ4v) is 4.92. The average molecular weight is 333 g/mol. The highest BCUT2D eigenvalue weighted by molar-refractivity contribution is 6.19. The molecule has 124 valence electrons. The van der Waals surface area contributed by atoms with E-state index in [-0.39, 0.29) is 0 Å². The summed E-state index contributed by atoms with van der Waals surface area (Å²) in [7, 11) is 0. The number of aromatic nitrogens is 1. The summed E-state index contributed by atoms with van der Waals surface area (Å²) in [6, 6.07) is 26.9. The molecular weight excluding hydrogens is 314 g/mol. The van der Waals surface area contributed by atoms with Crippen LogP contribution in [0.4, 0.5) is 0 Å². The molecule has 5 aromatic rings. The van der Waals surface area contributed by atoms with E-state index in [1.807, 2.05) is 0 Å². The quantitative estimate of drug-likeness (QED) is 0.322. The fraction of sp³-hybridized carbons (Fsp3) is 0.120. The molecule has 1 heteroatoms. The summed E-state index contributed by atoms with van der Waals surface area (Å²) in [4.78, 5) is 0. The molecule has 1 nitrogen and oxygen atoms in total. The van der Waals surface area contributed by atoms with E-state index >= 15 is 0 Å². The van der Waals surface area contributed by atoms with Gasteiger partial charge in [0.1, 0.15) is 0 Å². The Hall–Kier alpha value is -3.06. The van der Waals surface area contributed by atoms with Crippen molar-refractivity contribution < 1.29 is 0 Å². The summed E-state index contributed by atoms with van der Waals surface area (Å²) in [6.07, 6.45) is 1.03. The first-order valence-corrected chi connectivity index (χ1v) is 9.40. The number of benzene rings is 4. The summed E-state index contributed by atoms with van der Waals surface area (Å²) >= 11 is 0. The molecule has 26 heavy (non-hydrogen) atoms.